The van der Waals surface area contributed by atoms with Gasteiger partial charge in [0, 0.05) is 34.5 Å². The zero-order valence-electron chi connectivity index (χ0n) is 31.9. The average molecular weight is 793 g/mol. The Labute approximate surface area is 329 Å². The average Bonchev–Trinajstić information content (AvgIpc) is 3.70. The van der Waals surface area contributed by atoms with Crippen LogP contribution in [0.25, 0.3) is 44.4 Å². The zero-order valence-corrected chi connectivity index (χ0v) is 33.4. The Hall–Kier alpha value is -4.50. The molecule has 0 radical (unpaired) electrons. The number of benzene rings is 4. The molecule has 0 N–H and O–H groups in total. The fourth-order valence-corrected chi connectivity index (χ4v) is 7.29. The third kappa shape index (κ3) is 8.05. The number of rotatable bonds is 14. The van der Waals surface area contributed by atoms with E-state index < -0.39 is 0 Å². The van der Waals surface area contributed by atoms with Crippen molar-refractivity contribution in [2.24, 2.45) is 0 Å². The first kappa shape index (κ1) is 38.2. The van der Waals surface area contributed by atoms with Crippen LogP contribution in [0.1, 0.15) is 108 Å². The second-order valence-electron chi connectivity index (χ2n) is 14.6. The van der Waals surface area contributed by atoms with Crippen molar-refractivity contribution in [2.75, 3.05) is 0 Å². The summed E-state index contributed by atoms with van der Waals surface area (Å²) in [5.74, 6) is 2.79. The van der Waals surface area contributed by atoms with Crippen molar-refractivity contribution >= 4 is 21.8 Å². The smallest absolute Gasteiger partial charge is 0.509 e. The monoisotopic (exact) mass is 792 g/mol. The van der Waals surface area contributed by atoms with Crippen LogP contribution in [0, 0.1) is 12.1 Å². The van der Waals surface area contributed by atoms with Crippen molar-refractivity contribution in [2.45, 2.75) is 98.3 Å². The molecular weight excluding hydrogens is 743 g/mol. The standard InChI is InChI=1S/C47H50N4O.Pd/c1-7-9-10-11-20-43-46(35-23-21-34(15-8-2)22-24-35)47(33(5)6)49-51(43)37-16-14-17-38(30-37)52-39-25-26-41-40-18-12-13-19-42(40)50(44(41)31-39)45-29-36(32(3)4)27-28-48-45;/h12-14,16-19,21-29,32-33H,7-11,15,20H2,1-6H3;/q-2;+2. The van der Waals surface area contributed by atoms with Crippen LogP contribution in [0.15, 0.2) is 97.2 Å². The van der Waals surface area contributed by atoms with Crippen LogP contribution >= 0.6 is 0 Å². The van der Waals surface area contributed by atoms with E-state index in [-0.39, 0.29) is 26.3 Å². The molecule has 0 saturated carbocycles. The molecule has 53 heavy (non-hydrogen) atoms. The summed E-state index contributed by atoms with van der Waals surface area (Å²) >= 11 is 0. The molecule has 6 heteroatoms. The Morgan fingerprint density at radius 3 is 2.26 bits per heavy atom. The van der Waals surface area contributed by atoms with E-state index in [1.165, 1.54) is 47.2 Å². The van der Waals surface area contributed by atoms with Crippen molar-refractivity contribution < 1.29 is 25.2 Å². The van der Waals surface area contributed by atoms with Crippen molar-refractivity contribution in [1.29, 1.82) is 0 Å². The number of hydrogen-bond acceptors (Lipinski definition) is 3. The van der Waals surface area contributed by atoms with Crippen molar-refractivity contribution in [1.82, 2.24) is 19.3 Å². The van der Waals surface area contributed by atoms with Gasteiger partial charge in [-0.2, -0.15) is 17.2 Å². The summed E-state index contributed by atoms with van der Waals surface area (Å²) in [6.45, 7) is 13.4. The molecule has 3 heterocycles. The molecule has 7 rings (SSSR count). The van der Waals surface area contributed by atoms with Crippen molar-refractivity contribution in [3.05, 3.63) is 132 Å². The molecule has 7 aromatic rings. The molecule has 0 aliphatic rings. The van der Waals surface area contributed by atoms with Gasteiger partial charge < -0.3 is 9.30 Å². The Kier molecular flexibility index (Phi) is 12.3. The van der Waals surface area contributed by atoms with E-state index in [1.54, 1.807) is 0 Å². The van der Waals surface area contributed by atoms with E-state index in [2.05, 4.69) is 136 Å². The van der Waals surface area contributed by atoms with Crippen molar-refractivity contribution in [3.63, 3.8) is 0 Å². The van der Waals surface area contributed by atoms with Gasteiger partial charge in [0.15, 0.2) is 0 Å². The molecule has 0 unspecified atom stereocenters. The minimum Gasteiger partial charge on any atom is -0.509 e. The molecule has 274 valence electrons. The van der Waals surface area contributed by atoms with Gasteiger partial charge in [-0.1, -0.05) is 115 Å². The number of nitrogens with zero attached hydrogens (tertiary/aromatic N) is 4. The number of pyridine rings is 1. The van der Waals surface area contributed by atoms with Gasteiger partial charge in [0.05, 0.1) is 5.69 Å². The van der Waals surface area contributed by atoms with E-state index in [1.807, 2.05) is 24.4 Å². The molecular formula is C47H50N4OPd. The molecule has 0 amide bonds. The van der Waals surface area contributed by atoms with E-state index in [0.717, 1.165) is 64.7 Å². The summed E-state index contributed by atoms with van der Waals surface area (Å²) < 4.78 is 10.9. The maximum absolute atomic E-state index is 6.57. The van der Waals surface area contributed by atoms with Crippen LogP contribution < -0.4 is 4.74 Å². The fraction of sp³-hybridized carbons (Fsp3) is 0.319. The predicted molar refractivity (Wildman–Crippen MR) is 215 cm³/mol. The third-order valence-electron chi connectivity index (χ3n) is 10.0. The molecule has 0 bridgehead atoms. The minimum absolute atomic E-state index is 0. The van der Waals surface area contributed by atoms with Gasteiger partial charge in [0.1, 0.15) is 5.82 Å². The second kappa shape index (κ2) is 17.1. The number of unbranched alkanes of at least 4 members (excludes halogenated alkanes) is 3. The fourth-order valence-electron chi connectivity index (χ4n) is 7.29. The maximum Gasteiger partial charge on any atom is 2.00 e. The molecule has 0 atom stereocenters. The first-order valence-electron chi connectivity index (χ1n) is 19.2. The SMILES string of the molecule is CCCCCCc1c(-c2ccc(CCC)cc2)c(C(C)C)nn1-c1[c-]c(Oc2[c-]c3c(cc2)c2ccccc2n3-c2cc(C(C)C)ccn2)ccc1.[Pd+2]. The zero-order chi connectivity index (χ0) is 36.2. The molecule has 0 aliphatic carbocycles. The van der Waals surface area contributed by atoms with Gasteiger partial charge in [-0.15, -0.1) is 35.7 Å². The van der Waals surface area contributed by atoms with Crippen LogP contribution in [0.2, 0.25) is 0 Å². The number of fused-ring (bicyclic) bond motifs is 3. The summed E-state index contributed by atoms with van der Waals surface area (Å²) in [7, 11) is 0. The van der Waals surface area contributed by atoms with E-state index >= 15 is 0 Å². The Balaban J connectivity index is 0.00000481. The third-order valence-corrected chi connectivity index (χ3v) is 10.0. The molecule has 3 aromatic heterocycles. The number of aryl methyl sites for hydroxylation is 1. The molecule has 0 aliphatic heterocycles. The molecule has 0 saturated heterocycles. The van der Waals surface area contributed by atoms with Crippen LogP contribution in [0.3, 0.4) is 0 Å². The second-order valence-corrected chi connectivity index (χ2v) is 14.6. The van der Waals surface area contributed by atoms with Gasteiger partial charge in [0.25, 0.3) is 0 Å². The number of para-hydroxylation sites is 1. The molecule has 4 aromatic carbocycles. The Morgan fingerprint density at radius 2 is 1.51 bits per heavy atom. The van der Waals surface area contributed by atoms with Gasteiger partial charge in [-0.3, -0.25) is 4.68 Å². The largest absolute Gasteiger partial charge is 2.00 e. The quantitative estimate of drug-likeness (QED) is 0.0626. The normalized spacial score (nSPS) is 11.5. The predicted octanol–water partition coefficient (Wildman–Crippen LogP) is 12.7. The first-order valence-corrected chi connectivity index (χ1v) is 19.2. The molecule has 5 nitrogen and oxygen atoms in total. The van der Waals surface area contributed by atoms with Crippen LogP contribution in [-0.4, -0.2) is 19.3 Å². The summed E-state index contributed by atoms with van der Waals surface area (Å²) in [4.78, 5) is 4.80. The van der Waals surface area contributed by atoms with Gasteiger partial charge >= 0.3 is 20.4 Å². The van der Waals surface area contributed by atoms with E-state index in [4.69, 9.17) is 14.8 Å². The number of aromatic nitrogens is 4. The first-order chi connectivity index (χ1) is 25.4. The number of ether oxygens (including phenoxy) is 1. The summed E-state index contributed by atoms with van der Waals surface area (Å²) in [6, 6.07) is 39.3. The van der Waals surface area contributed by atoms with Crippen molar-refractivity contribution in [3.8, 4) is 34.1 Å². The summed E-state index contributed by atoms with van der Waals surface area (Å²) in [5, 5.41) is 7.57. The Morgan fingerprint density at radius 1 is 0.717 bits per heavy atom. The molecule has 0 spiro atoms. The van der Waals surface area contributed by atoms with Gasteiger partial charge in [0.2, 0.25) is 0 Å². The minimum atomic E-state index is 0. The van der Waals surface area contributed by atoms with Crippen LogP contribution in [0.4, 0.5) is 0 Å². The topological polar surface area (TPSA) is 44.9 Å². The van der Waals surface area contributed by atoms with Gasteiger partial charge in [-0.05, 0) is 77.1 Å². The van der Waals surface area contributed by atoms with Crippen LogP contribution in [0.5, 0.6) is 11.5 Å². The maximum atomic E-state index is 6.57. The van der Waals surface area contributed by atoms with Crippen LogP contribution in [-0.2, 0) is 33.3 Å². The summed E-state index contributed by atoms with van der Waals surface area (Å²) in [5.41, 5.74) is 10.4. The van der Waals surface area contributed by atoms with E-state index in [9.17, 15) is 0 Å². The molecule has 0 fully saturated rings. The van der Waals surface area contributed by atoms with E-state index in [0.29, 0.717) is 17.4 Å². The number of hydrogen-bond donors (Lipinski definition) is 0. The Bertz CT molecular complexity index is 2300. The summed E-state index contributed by atoms with van der Waals surface area (Å²) in [6.07, 6.45) is 9.85. The van der Waals surface area contributed by atoms with Gasteiger partial charge in [-0.25, -0.2) is 4.98 Å².